The first-order chi connectivity index (χ1) is 9.06. The van der Waals surface area contributed by atoms with E-state index >= 15 is 0 Å². The summed E-state index contributed by atoms with van der Waals surface area (Å²) in [6.07, 6.45) is -0.152. The summed E-state index contributed by atoms with van der Waals surface area (Å²) in [5.41, 5.74) is -2.42. The fourth-order valence-electron chi connectivity index (χ4n) is 2.15. The van der Waals surface area contributed by atoms with Gasteiger partial charge in [-0.15, -0.1) is 0 Å². The van der Waals surface area contributed by atoms with Crippen molar-refractivity contribution >= 4 is 23.8 Å². The number of likely N-dealkylation sites (N-methyl/N-ethyl adjacent to an activating group) is 1. The van der Waals surface area contributed by atoms with Crippen molar-refractivity contribution in [1.29, 1.82) is 0 Å². The van der Waals surface area contributed by atoms with Crippen LogP contribution in [0.5, 0.6) is 0 Å². The van der Waals surface area contributed by atoms with Gasteiger partial charge in [0, 0.05) is 19.7 Å². The van der Waals surface area contributed by atoms with Gasteiger partial charge < -0.3 is 20.2 Å². The molecule has 8 heteroatoms. The normalized spacial score (nSPS) is 27.1. The van der Waals surface area contributed by atoms with E-state index in [2.05, 4.69) is 4.99 Å². The summed E-state index contributed by atoms with van der Waals surface area (Å²) in [5.74, 6) is -6.19. The molecule has 1 saturated heterocycles. The Kier molecular flexibility index (Phi) is 4.42. The van der Waals surface area contributed by atoms with Crippen LogP contribution >= 0.6 is 0 Å². The molecule has 0 spiro atoms. The Morgan fingerprint density at radius 2 is 2.00 bits per heavy atom. The largest absolute Gasteiger partial charge is 0.366 e. The van der Waals surface area contributed by atoms with Gasteiger partial charge in [-0.05, 0) is 13.8 Å². The van der Waals surface area contributed by atoms with Crippen molar-refractivity contribution < 1.29 is 29.7 Å². The number of nitrogens with zero attached hydrogens (tertiary/aromatic N) is 2. The lowest BCUT2D eigenvalue weighted by molar-refractivity contribution is -0.293. The highest BCUT2D eigenvalue weighted by Gasteiger charge is 2.61. The van der Waals surface area contributed by atoms with Crippen LogP contribution in [0.4, 0.5) is 0 Å². The third kappa shape index (κ3) is 2.62. The number of amides is 2. The Morgan fingerprint density at radius 1 is 1.45 bits per heavy atom. The summed E-state index contributed by atoms with van der Waals surface area (Å²) >= 11 is 0. The number of Topliss-reactive ketones (excluding diaryl/α,β-unsaturated/α-hetero) is 1. The fraction of sp³-hybridized carbons (Fsp3) is 0.667. The van der Waals surface area contributed by atoms with E-state index in [0.717, 1.165) is 11.8 Å². The Balaban J connectivity index is 3.12. The molecule has 20 heavy (non-hydrogen) atoms. The van der Waals surface area contributed by atoms with Gasteiger partial charge in [0.05, 0.1) is 6.42 Å². The topological polar surface area (TPSA) is 128 Å². The zero-order valence-electron chi connectivity index (χ0n) is 11.5. The van der Waals surface area contributed by atoms with Crippen LogP contribution in [-0.4, -0.2) is 62.6 Å². The summed E-state index contributed by atoms with van der Waals surface area (Å²) in [7, 11) is 1.17. The predicted molar refractivity (Wildman–Crippen MR) is 67.5 cm³/mol. The zero-order valence-corrected chi connectivity index (χ0v) is 11.5. The van der Waals surface area contributed by atoms with Crippen molar-refractivity contribution in [3.05, 3.63) is 0 Å². The van der Waals surface area contributed by atoms with E-state index < -0.39 is 47.9 Å². The molecule has 2 atom stereocenters. The molecule has 0 bridgehead atoms. The second-order valence-corrected chi connectivity index (χ2v) is 4.86. The number of ketones is 1. The number of likely N-dealkylation sites (tertiary alicyclic amines) is 1. The van der Waals surface area contributed by atoms with E-state index in [0.29, 0.717) is 0 Å². The molecular weight excluding hydrogens is 268 g/mol. The molecule has 0 saturated carbocycles. The van der Waals surface area contributed by atoms with Crippen LogP contribution in [0.1, 0.15) is 26.7 Å². The van der Waals surface area contributed by atoms with Crippen molar-refractivity contribution in [1.82, 2.24) is 4.90 Å². The number of aliphatic hydroxyl groups is 3. The standard InChI is InChI=1S/C12H18N2O6/c1-4-13-10(17)8(7(2)15)5-11(18)12(19,20)6-9(16)14(11)3/h4,8,18-20H,5-6H2,1-3H3. The quantitative estimate of drug-likeness (QED) is 0.325. The first kappa shape index (κ1) is 16.4. The molecule has 112 valence electrons. The van der Waals surface area contributed by atoms with Crippen molar-refractivity contribution in [3.63, 3.8) is 0 Å². The van der Waals surface area contributed by atoms with Crippen LogP contribution < -0.4 is 0 Å². The maximum Gasteiger partial charge on any atom is 0.256 e. The summed E-state index contributed by atoms with van der Waals surface area (Å²) in [5, 5.41) is 29.9. The van der Waals surface area contributed by atoms with Gasteiger partial charge in [0.15, 0.2) is 5.72 Å². The van der Waals surface area contributed by atoms with Crippen LogP contribution in [-0.2, 0) is 14.4 Å². The van der Waals surface area contributed by atoms with Crippen LogP contribution in [0.3, 0.4) is 0 Å². The van der Waals surface area contributed by atoms with E-state index in [1.165, 1.54) is 20.2 Å². The van der Waals surface area contributed by atoms with Crippen molar-refractivity contribution in [2.75, 3.05) is 7.05 Å². The van der Waals surface area contributed by atoms with Gasteiger partial charge in [0.1, 0.15) is 11.7 Å². The molecule has 2 unspecified atom stereocenters. The number of carbonyl (C=O) groups is 3. The minimum absolute atomic E-state index is 0.586. The molecule has 0 aromatic carbocycles. The minimum atomic E-state index is -2.73. The van der Waals surface area contributed by atoms with Gasteiger partial charge in [-0.1, -0.05) is 0 Å². The molecule has 1 fully saturated rings. The predicted octanol–water partition coefficient (Wildman–Crippen LogP) is -1.57. The first-order valence-corrected chi connectivity index (χ1v) is 6.03. The average molecular weight is 286 g/mol. The van der Waals surface area contributed by atoms with Gasteiger partial charge in [0.2, 0.25) is 11.7 Å². The van der Waals surface area contributed by atoms with Crippen LogP contribution in [0.2, 0.25) is 0 Å². The van der Waals surface area contributed by atoms with Crippen molar-refractivity contribution in [2.45, 2.75) is 38.2 Å². The average Bonchev–Trinajstić information content (AvgIpc) is 2.47. The molecule has 0 aromatic heterocycles. The first-order valence-electron chi connectivity index (χ1n) is 6.03. The third-order valence-corrected chi connectivity index (χ3v) is 3.50. The molecule has 2 amide bonds. The molecule has 1 aliphatic heterocycles. The molecular formula is C12H18N2O6. The number of rotatable bonds is 4. The van der Waals surface area contributed by atoms with E-state index in [1.807, 2.05) is 0 Å². The van der Waals surface area contributed by atoms with Gasteiger partial charge in [-0.2, -0.15) is 0 Å². The highest BCUT2D eigenvalue weighted by molar-refractivity contribution is 6.02. The lowest BCUT2D eigenvalue weighted by Crippen LogP contribution is -2.59. The van der Waals surface area contributed by atoms with Crippen molar-refractivity contribution in [3.8, 4) is 0 Å². The Morgan fingerprint density at radius 3 is 2.35 bits per heavy atom. The summed E-state index contributed by atoms with van der Waals surface area (Å²) < 4.78 is 0. The molecule has 0 radical (unpaired) electrons. The number of hydrogen-bond acceptors (Lipinski definition) is 6. The molecule has 1 heterocycles. The van der Waals surface area contributed by atoms with Gasteiger partial charge in [0.25, 0.3) is 5.91 Å². The number of aliphatic imine (C=N–C) groups is 1. The molecule has 0 aromatic rings. The molecule has 3 N–H and O–H groups in total. The van der Waals surface area contributed by atoms with Crippen LogP contribution in [0, 0.1) is 5.92 Å². The molecule has 1 rings (SSSR count). The highest BCUT2D eigenvalue weighted by atomic mass is 16.5. The lowest BCUT2D eigenvalue weighted by Gasteiger charge is -2.38. The van der Waals surface area contributed by atoms with Gasteiger partial charge >= 0.3 is 0 Å². The summed E-state index contributed by atoms with van der Waals surface area (Å²) in [6.45, 7) is 2.61. The van der Waals surface area contributed by atoms with E-state index in [4.69, 9.17) is 0 Å². The molecule has 8 nitrogen and oxygen atoms in total. The number of hydrogen-bond donors (Lipinski definition) is 3. The highest BCUT2D eigenvalue weighted by Crippen LogP contribution is 2.39. The van der Waals surface area contributed by atoms with Crippen molar-refractivity contribution in [2.24, 2.45) is 10.9 Å². The Hall–Kier alpha value is -1.64. The van der Waals surface area contributed by atoms with Crippen LogP contribution in [0.15, 0.2) is 4.99 Å². The molecule has 0 aliphatic carbocycles. The minimum Gasteiger partial charge on any atom is -0.366 e. The number of carbonyl (C=O) groups excluding carboxylic acids is 3. The van der Waals surface area contributed by atoms with Gasteiger partial charge in [-0.3, -0.25) is 14.4 Å². The van der Waals surface area contributed by atoms with Crippen LogP contribution in [0.25, 0.3) is 0 Å². The lowest BCUT2D eigenvalue weighted by atomic mass is 9.88. The molecule has 1 aliphatic rings. The maximum atomic E-state index is 11.7. The summed E-state index contributed by atoms with van der Waals surface area (Å²) in [6, 6.07) is 0. The smallest absolute Gasteiger partial charge is 0.256 e. The second-order valence-electron chi connectivity index (χ2n) is 4.86. The SMILES string of the molecule is CC=NC(=O)C(CC1(O)N(C)C(=O)CC1(O)O)C(C)=O. The monoisotopic (exact) mass is 286 g/mol. The van der Waals surface area contributed by atoms with E-state index in [9.17, 15) is 29.7 Å². The summed E-state index contributed by atoms with van der Waals surface area (Å²) in [4.78, 5) is 38.9. The van der Waals surface area contributed by atoms with E-state index in [-0.39, 0.29) is 0 Å². The Labute approximate surface area is 115 Å². The Bertz CT molecular complexity index is 473. The fourth-order valence-corrected chi connectivity index (χ4v) is 2.15. The zero-order chi connectivity index (χ0) is 15.7. The van der Waals surface area contributed by atoms with Gasteiger partial charge in [-0.25, -0.2) is 4.99 Å². The second kappa shape index (κ2) is 5.39. The van der Waals surface area contributed by atoms with E-state index in [1.54, 1.807) is 0 Å². The maximum absolute atomic E-state index is 11.7. The third-order valence-electron chi connectivity index (χ3n) is 3.50.